The van der Waals surface area contributed by atoms with Gasteiger partial charge in [0.05, 0.1) is 11.4 Å². The fraction of sp³-hybridized carbons (Fsp3) is 0.158. The third kappa shape index (κ3) is 4.24. The monoisotopic (exact) mass is 385 g/mol. The molecule has 3 aromatic rings. The van der Waals surface area contributed by atoms with Crippen LogP contribution in [0.15, 0.2) is 70.6 Å². The summed E-state index contributed by atoms with van der Waals surface area (Å²) in [5, 5.41) is 7.93. The third-order valence-corrected chi connectivity index (χ3v) is 5.71. The van der Waals surface area contributed by atoms with Gasteiger partial charge in [-0.15, -0.1) is 6.58 Å². The molecule has 1 amide bonds. The molecule has 140 valence electrons. The Balaban J connectivity index is 1.84. The van der Waals surface area contributed by atoms with Crippen molar-refractivity contribution in [2.24, 2.45) is 0 Å². The zero-order valence-corrected chi connectivity index (χ0v) is 15.6. The van der Waals surface area contributed by atoms with Crippen molar-refractivity contribution in [2.45, 2.75) is 11.8 Å². The standard InChI is InChI=1S/C19H19N3O4S/c1-3-10-22(13-19(23)20-18-11-14(2)26-21-18)27(24,25)17-9-8-15-6-4-5-7-16(15)12-17/h3-9,11-12H,1,10,13H2,2H3,(H,20,21,23). The molecule has 2 aromatic carbocycles. The number of hydrogen-bond acceptors (Lipinski definition) is 5. The maximum atomic E-state index is 13.0. The minimum atomic E-state index is -3.88. The zero-order chi connectivity index (χ0) is 19.4. The average Bonchev–Trinajstić information content (AvgIpc) is 3.05. The molecule has 0 unspecified atom stereocenters. The third-order valence-electron chi connectivity index (χ3n) is 3.91. The molecule has 0 aliphatic rings. The second-order valence-corrected chi connectivity index (χ2v) is 7.90. The molecule has 1 aromatic heterocycles. The first-order chi connectivity index (χ1) is 12.9. The number of aryl methyl sites for hydroxylation is 1. The molecule has 1 heterocycles. The minimum absolute atomic E-state index is 0.000420. The first-order valence-corrected chi connectivity index (χ1v) is 9.67. The fourth-order valence-electron chi connectivity index (χ4n) is 2.64. The number of nitrogens with one attached hydrogen (secondary N) is 1. The number of carbonyl (C=O) groups excluding carboxylic acids is 1. The summed E-state index contributed by atoms with van der Waals surface area (Å²) in [6, 6.07) is 13.9. The molecule has 0 aliphatic carbocycles. The van der Waals surface area contributed by atoms with Crippen LogP contribution in [-0.4, -0.2) is 36.9 Å². The molecule has 0 saturated heterocycles. The van der Waals surface area contributed by atoms with E-state index in [1.165, 1.54) is 12.1 Å². The molecule has 0 radical (unpaired) electrons. The van der Waals surface area contributed by atoms with Crippen LogP contribution in [0.4, 0.5) is 5.82 Å². The van der Waals surface area contributed by atoms with E-state index < -0.39 is 15.9 Å². The van der Waals surface area contributed by atoms with Gasteiger partial charge in [-0.3, -0.25) is 4.79 Å². The van der Waals surface area contributed by atoms with Crippen molar-refractivity contribution in [1.29, 1.82) is 0 Å². The summed E-state index contributed by atoms with van der Waals surface area (Å²) in [7, 11) is -3.88. The van der Waals surface area contributed by atoms with Gasteiger partial charge in [0, 0.05) is 12.6 Å². The predicted octanol–water partition coefficient (Wildman–Crippen LogP) is 2.95. The molecule has 0 fully saturated rings. The van der Waals surface area contributed by atoms with Crippen LogP contribution in [0.5, 0.6) is 0 Å². The van der Waals surface area contributed by atoms with E-state index in [4.69, 9.17) is 4.52 Å². The summed E-state index contributed by atoms with van der Waals surface area (Å²) >= 11 is 0. The van der Waals surface area contributed by atoms with Crippen molar-refractivity contribution in [3.05, 3.63) is 66.9 Å². The summed E-state index contributed by atoms with van der Waals surface area (Å²) in [5.74, 6) is 0.255. The van der Waals surface area contributed by atoms with Gasteiger partial charge in [0.25, 0.3) is 0 Å². The number of carbonyl (C=O) groups is 1. The normalized spacial score (nSPS) is 11.6. The number of sulfonamides is 1. The van der Waals surface area contributed by atoms with Gasteiger partial charge < -0.3 is 9.84 Å². The first kappa shape index (κ1) is 18.8. The molecule has 1 N–H and O–H groups in total. The van der Waals surface area contributed by atoms with Crippen molar-refractivity contribution >= 4 is 32.5 Å². The highest BCUT2D eigenvalue weighted by molar-refractivity contribution is 7.89. The van der Waals surface area contributed by atoms with Gasteiger partial charge >= 0.3 is 0 Å². The highest BCUT2D eigenvalue weighted by atomic mass is 32.2. The van der Waals surface area contributed by atoms with E-state index in [0.717, 1.165) is 15.1 Å². The Bertz CT molecular complexity index is 1090. The lowest BCUT2D eigenvalue weighted by molar-refractivity contribution is -0.116. The SMILES string of the molecule is C=CCN(CC(=O)Nc1cc(C)on1)S(=O)(=O)c1ccc2ccccc2c1. The molecule has 0 spiro atoms. The van der Waals surface area contributed by atoms with Crippen LogP contribution in [0.25, 0.3) is 10.8 Å². The summed E-state index contributed by atoms with van der Waals surface area (Å²) in [6.45, 7) is 4.91. The Morgan fingerprint density at radius 1 is 1.22 bits per heavy atom. The van der Waals surface area contributed by atoms with Gasteiger partial charge in [-0.2, -0.15) is 4.31 Å². The highest BCUT2D eigenvalue weighted by Gasteiger charge is 2.26. The Morgan fingerprint density at radius 3 is 2.63 bits per heavy atom. The van der Waals surface area contributed by atoms with Crippen LogP contribution in [-0.2, 0) is 14.8 Å². The van der Waals surface area contributed by atoms with Crippen molar-refractivity contribution in [1.82, 2.24) is 9.46 Å². The van der Waals surface area contributed by atoms with E-state index in [9.17, 15) is 13.2 Å². The maximum Gasteiger partial charge on any atom is 0.243 e. The van der Waals surface area contributed by atoms with Gasteiger partial charge in [-0.1, -0.05) is 41.6 Å². The summed E-state index contributed by atoms with van der Waals surface area (Å²) in [6.07, 6.45) is 1.44. The van der Waals surface area contributed by atoms with Gasteiger partial charge in [0.15, 0.2) is 5.82 Å². The van der Waals surface area contributed by atoms with Gasteiger partial charge in [-0.05, 0) is 29.8 Å². The van der Waals surface area contributed by atoms with Gasteiger partial charge in [-0.25, -0.2) is 8.42 Å². The van der Waals surface area contributed by atoms with Crippen molar-refractivity contribution < 1.29 is 17.7 Å². The van der Waals surface area contributed by atoms with Crippen LogP contribution in [0.3, 0.4) is 0 Å². The van der Waals surface area contributed by atoms with Crippen LogP contribution in [0, 0.1) is 6.92 Å². The van der Waals surface area contributed by atoms with Gasteiger partial charge in [0.1, 0.15) is 5.76 Å². The van der Waals surface area contributed by atoms with Crippen LogP contribution >= 0.6 is 0 Å². The number of rotatable bonds is 7. The molecule has 0 bridgehead atoms. The smallest absolute Gasteiger partial charge is 0.243 e. The molecule has 0 aliphatic heterocycles. The fourth-order valence-corrected chi connectivity index (χ4v) is 4.04. The average molecular weight is 385 g/mol. The van der Waals surface area contributed by atoms with Gasteiger partial charge in [0.2, 0.25) is 15.9 Å². The molecule has 0 atom stereocenters. The molecular weight excluding hydrogens is 366 g/mol. The largest absolute Gasteiger partial charge is 0.360 e. The topological polar surface area (TPSA) is 92.5 Å². The number of benzene rings is 2. The molecule has 3 rings (SSSR count). The Morgan fingerprint density at radius 2 is 1.96 bits per heavy atom. The second-order valence-electron chi connectivity index (χ2n) is 5.97. The van der Waals surface area contributed by atoms with Crippen LogP contribution in [0.1, 0.15) is 5.76 Å². The highest BCUT2D eigenvalue weighted by Crippen LogP contribution is 2.22. The van der Waals surface area contributed by atoms with E-state index in [1.807, 2.05) is 24.3 Å². The number of hydrogen-bond donors (Lipinski definition) is 1. The molecular formula is C19H19N3O4S. The molecule has 7 nitrogen and oxygen atoms in total. The number of aromatic nitrogens is 1. The molecule has 8 heteroatoms. The van der Waals surface area contributed by atoms with E-state index in [-0.39, 0.29) is 23.8 Å². The lowest BCUT2D eigenvalue weighted by Gasteiger charge is -2.20. The van der Waals surface area contributed by atoms with E-state index in [0.29, 0.717) is 5.76 Å². The minimum Gasteiger partial charge on any atom is -0.360 e. The molecule has 27 heavy (non-hydrogen) atoms. The van der Waals surface area contributed by atoms with Crippen LogP contribution < -0.4 is 5.32 Å². The summed E-state index contributed by atoms with van der Waals surface area (Å²) in [4.78, 5) is 12.4. The van der Waals surface area contributed by atoms with Crippen LogP contribution in [0.2, 0.25) is 0 Å². The number of fused-ring (bicyclic) bond motifs is 1. The van der Waals surface area contributed by atoms with E-state index in [2.05, 4.69) is 17.1 Å². The number of nitrogens with zero attached hydrogens (tertiary/aromatic N) is 2. The Labute approximate surface area is 157 Å². The Kier molecular flexibility index (Phi) is 5.38. The summed E-state index contributed by atoms with van der Waals surface area (Å²) < 4.78 is 32.0. The van der Waals surface area contributed by atoms with E-state index >= 15 is 0 Å². The van der Waals surface area contributed by atoms with Crippen molar-refractivity contribution in [3.63, 3.8) is 0 Å². The first-order valence-electron chi connectivity index (χ1n) is 8.23. The Hall–Kier alpha value is -2.97. The molecule has 0 saturated carbocycles. The number of amides is 1. The maximum absolute atomic E-state index is 13.0. The number of anilines is 1. The summed E-state index contributed by atoms with van der Waals surface area (Å²) in [5.41, 5.74) is 0. The predicted molar refractivity (Wildman–Crippen MR) is 103 cm³/mol. The van der Waals surface area contributed by atoms with Crippen molar-refractivity contribution in [3.8, 4) is 0 Å². The lowest BCUT2D eigenvalue weighted by Crippen LogP contribution is -2.38. The quantitative estimate of drug-likeness (QED) is 0.631. The second kappa shape index (κ2) is 7.73. The van der Waals surface area contributed by atoms with Crippen molar-refractivity contribution in [2.75, 3.05) is 18.4 Å². The lowest BCUT2D eigenvalue weighted by atomic mass is 10.1. The zero-order valence-electron chi connectivity index (χ0n) is 14.8. The van der Waals surface area contributed by atoms with E-state index in [1.54, 1.807) is 25.1 Å².